The Morgan fingerprint density at radius 2 is 1.72 bits per heavy atom. The monoisotopic (exact) mass is 268 g/mol. The first-order valence-electron chi connectivity index (χ1n) is 5.38. The molecular weight excluding hydrogens is 258 g/mol. The lowest BCUT2D eigenvalue weighted by Gasteiger charge is -2.15. The van der Waals surface area contributed by atoms with Crippen LogP contribution in [0.4, 0.5) is 8.78 Å². The smallest absolute Gasteiger partial charge is 0.132 e. The number of aliphatic hydroxyl groups excluding tert-OH is 1. The summed E-state index contributed by atoms with van der Waals surface area (Å²) in [6.07, 6.45) is -1.34. The number of hydrogen-bond acceptors (Lipinski definition) is 1. The zero-order chi connectivity index (χ0) is 13.3. The van der Waals surface area contributed by atoms with Crippen LogP contribution in [0.2, 0.25) is 5.02 Å². The molecule has 1 nitrogen and oxygen atoms in total. The molecule has 2 aromatic rings. The van der Waals surface area contributed by atoms with Crippen LogP contribution in [0.1, 0.15) is 22.8 Å². The van der Waals surface area contributed by atoms with E-state index >= 15 is 0 Å². The Kier molecular flexibility index (Phi) is 3.64. The molecule has 0 amide bonds. The number of hydrogen-bond donors (Lipinski definition) is 1. The molecule has 0 aromatic heterocycles. The highest BCUT2D eigenvalue weighted by Gasteiger charge is 2.20. The third-order valence-electron chi connectivity index (χ3n) is 2.80. The van der Waals surface area contributed by atoms with Gasteiger partial charge in [0.15, 0.2) is 0 Å². The third kappa shape index (κ3) is 2.37. The van der Waals surface area contributed by atoms with E-state index in [-0.39, 0.29) is 5.56 Å². The van der Waals surface area contributed by atoms with Crippen molar-refractivity contribution in [3.05, 3.63) is 69.7 Å². The molecule has 0 radical (unpaired) electrons. The maximum atomic E-state index is 13.6. The molecule has 0 aliphatic heterocycles. The highest BCUT2D eigenvalue weighted by Crippen LogP contribution is 2.29. The first kappa shape index (κ1) is 13.0. The van der Waals surface area contributed by atoms with Crippen molar-refractivity contribution in [3.63, 3.8) is 0 Å². The Morgan fingerprint density at radius 3 is 2.28 bits per heavy atom. The summed E-state index contributed by atoms with van der Waals surface area (Å²) in [5.41, 5.74) is 0.768. The number of aryl methyl sites for hydroxylation is 1. The average molecular weight is 269 g/mol. The topological polar surface area (TPSA) is 20.2 Å². The summed E-state index contributed by atoms with van der Waals surface area (Å²) in [5.74, 6) is -1.53. The standard InChI is InChI=1S/C14H11ClF2O/c1-8-7-9(15)5-6-10(8)14(18)13-11(16)3-2-4-12(13)17/h2-7,14,18H,1H3. The zero-order valence-electron chi connectivity index (χ0n) is 9.62. The van der Waals surface area contributed by atoms with E-state index in [1.807, 2.05) is 0 Å². The van der Waals surface area contributed by atoms with Crippen molar-refractivity contribution in [3.8, 4) is 0 Å². The zero-order valence-corrected chi connectivity index (χ0v) is 10.4. The third-order valence-corrected chi connectivity index (χ3v) is 3.03. The van der Waals surface area contributed by atoms with Crippen molar-refractivity contribution < 1.29 is 13.9 Å². The van der Waals surface area contributed by atoms with E-state index in [0.29, 0.717) is 16.1 Å². The molecule has 1 atom stereocenters. The van der Waals surface area contributed by atoms with Gasteiger partial charge >= 0.3 is 0 Å². The van der Waals surface area contributed by atoms with Crippen LogP contribution < -0.4 is 0 Å². The minimum atomic E-state index is -1.34. The quantitative estimate of drug-likeness (QED) is 0.873. The molecule has 0 saturated carbocycles. The van der Waals surface area contributed by atoms with Gasteiger partial charge in [-0.3, -0.25) is 0 Å². The molecule has 1 N–H and O–H groups in total. The molecule has 0 aliphatic carbocycles. The summed E-state index contributed by atoms with van der Waals surface area (Å²) in [6.45, 7) is 1.73. The molecule has 1 unspecified atom stereocenters. The summed E-state index contributed by atoms with van der Waals surface area (Å²) < 4.78 is 27.1. The first-order valence-corrected chi connectivity index (χ1v) is 5.76. The van der Waals surface area contributed by atoms with Gasteiger partial charge in [0.05, 0.1) is 5.56 Å². The van der Waals surface area contributed by atoms with Crippen LogP contribution in [-0.4, -0.2) is 5.11 Å². The molecule has 18 heavy (non-hydrogen) atoms. The Bertz CT molecular complexity index is 564. The van der Waals surface area contributed by atoms with Gasteiger partial charge in [0.1, 0.15) is 17.7 Å². The van der Waals surface area contributed by atoms with Crippen molar-refractivity contribution in [1.29, 1.82) is 0 Å². The van der Waals surface area contributed by atoms with Crippen molar-refractivity contribution >= 4 is 11.6 Å². The predicted molar refractivity (Wildman–Crippen MR) is 66.6 cm³/mol. The van der Waals surface area contributed by atoms with Crippen LogP contribution in [-0.2, 0) is 0 Å². The second kappa shape index (κ2) is 5.04. The van der Waals surface area contributed by atoms with Crippen molar-refractivity contribution in [2.45, 2.75) is 13.0 Å². The summed E-state index contributed by atoms with van der Waals surface area (Å²) in [6, 6.07) is 8.27. The number of aliphatic hydroxyl groups is 1. The van der Waals surface area contributed by atoms with Gasteiger partial charge in [-0.2, -0.15) is 0 Å². The Morgan fingerprint density at radius 1 is 1.11 bits per heavy atom. The van der Waals surface area contributed by atoms with Gasteiger partial charge in [-0.25, -0.2) is 8.78 Å². The summed E-state index contributed by atoms with van der Waals surface area (Å²) in [4.78, 5) is 0. The fraction of sp³-hybridized carbons (Fsp3) is 0.143. The second-order valence-electron chi connectivity index (χ2n) is 4.04. The Balaban J connectivity index is 2.51. The predicted octanol–water partition coefficient (Wildman–Crippen LogP) is 4.01. The van der Waals surface area contributed by atoms with Gasteiger partial charge < -0.3 is 5.11 Å². The summed E-state index contributed by atoms with van der Waals surface area (Å²) in [5, 5.41) is 10.6. The molecule has 0 heterocycles. The van der Waals surface area contributed by atoms with E-state index in [4.69, 9.17) is 11.6 Å². The van der Waals surface area contributed by atoms with Crippen LogP contribution >= 0.6 is 11.6 Å². The van der Waals surface area contributed by atoms with Crippen LogP contribution in [0.25, 0.3) is 0 Å². The highest BCUT2D eigenvalue weighted by molar-refractivity contribution is 6.30. The van der Waals surface area contributed by atoms with Crippen molar-refractivity contribution in [1.82, 2.24) is 0 Å². The Hall–Kier alpha value is -1.45. The summed E-state index contributed by atoms with van der Waals surface area (Å²) >= 11 is 5.80. The minimum Gasteiger partial charge on any atom is -0.383 e. The maximum absolute atomic E-state index is 13.6. The van der Waals surface area contributed by atoms with E-state index in [2.05, 4.69) is 0 Å². The van der Waals surface area contributed by atoms with Crippen LogP contribution in [0.5, 0.6) is 0 Å². The maximum Gasteiger partial charge on any atom is 0.132 e. The summed E-state index contributed by atoms with van der Waals surface area (Å²) in [7, 11) is 0. The fourth-order valence-electron chi connectivity index (χ4n) is 1.87. The van der Waals surface area contributed by atoms with E-state index in [1.54, 1.807) is 25.1 Å². The number of rotatable bonds is 2. The second-order valence-corrected chi connectivity index (χ2v) is 4.48. The highest BCUT2D eigenvalue weighted by atomic mass is 35.5. The molecule has 0 spiro atoms. The lowest BCUT2D eigenvalue weighted by molar-refractivity contribution is 0.208. The van der Waals surface area contributed by atoms with Gasteiger partial charge in [-0.15, -0.1) is 0 Å². The molecule has 0 bridgehead atoms. The molecular formula is C14H11ClF2O. The Labute approximate surface area is 109 Å². The lowest BCUT2D eigenvalue weighted by Crippen LogP contribution is -2.07. The van der Waals surface area contributed by atoms with Crippen LogP contribution in [0, 0.1) is 18.6 Å². The molecule has 0 saturated heterocycles. The molecule has 2 rings (SSSR count). The van der Waals surface area contributed by atoms with Crippen molar-refractivity contribution in [2.75, 3.05) is 0 Å². The van der Waals surface area contributed by atoms with Gasteiger partial charge in [-0.1, -0.05) is 23.7 Å². The average Bonchev–Trinajstić information content (AvgIpc) is 2.28. The molecule has 0 aliphatic rings. The van der Waals surface area contributed by atoms with Gasteiger partial charge in [-0.05, 0) is 42.3 Å². The minimum absolute atomic E-state index is 0.345. The molecule has 2 aromatic carbocycles. The largest absolute Gasteiger partial charge is 0.383 e. The number of halogens is 3. The SMILES string of the molecule is Cc1cc(Cl)ccc1C(O)c1c(F)cccc1F. The molecule has 4 heteroatoms. The molecule has 94 valence electrons. The van der Waals surface area contributed by atoms with E-state index in [9.17, 15) is 13.9 Å². The van der Waals surface area contributed by atoms with Crippen LogP contribution in [0.15, 0.2) is 36.4 Å². The van der Waals surface area contributed by atoms with Crippen molar-refractivity contribution in [2.24, 2.45) is 0 Å². The normalized spacial score (nSPS) is 12.5. The number of benzene rings is 2. The van der Waals surface area contributed by atoms with E-state index < -0.39 is 17.7 Å². The lowest BCUT2D eigenvalue weighted by atomic mass is 9.97. The van der Waals surface area contributed by atoms with E-state index in [0.717, 1.165) is 12.1 Å². The van der Waals surface area contributed by atoms with Gasteiger partial charge in [0.25, 0.3) is 0 Å². The fourth-order valence-corrected chi connectivity index (χ4v) is 2.10. The molecule has 0 fully saturated rings. The first-order chi connectivity index (χ1) is 8.50. The van der Waals surface area contributed by atoms with Gasteiger partial charge in [0, 0.05) is 5.02 Å². The van der Waals surface area contributed by atoms with Gasteiger partial charge in [0.2, 0.25) is 0 Å². The van der Waals surface area contributed by atoms with E-state index in [1.165, 1.54) is 6.07 Å². The van der Waals surface area contributed by atoms with Crippen LogP contribution in [0.3, 0.4) is 0 Å².